The molecule has 0 aromatic heterocycles. The Morgan fingerprint density at radius 1 is 0.540 bits per heavy atom. The first-order valence-corrected chi connectivity index (χ1v) is 18.7. The first kappa shape index (κ1) is 43.7. The van der Waals surface area contributed by atoms with Crippen LogP contribution in [0.4, 0.5) is 0 Å². The number of halogens is 2. The van der Waals surface area contributed by atoms with Crippen LogP contribution in [-0.2, 0) is 45.9 Å². The van der Waals surface area contributed by atoms with Crippen molar-refractivity contribution in [1.82, 2.24) is 0 Å². The summed E-state index contributed by atoms with van der Waals surface area (Å²) in [5.41, 5.74) is 9.07. The zero-order valence-corrected chi connectivity index (χ0v) is 36.3. The molecule has 3 heteroatoms. The molecule has 5 aromatic carbocycles. The van der Waals surface area contributed by atoms with Crippen molar-refractivity contribution < 1.29 is 49.0 Å². The van der Waals surface area contributed by atoms with Crippen LogP contribution in [0.25, 0.3) is 21.5 Å². The van der Waals surface area contributed by atoms with E-state index in [4.69, 9.17) is 0 Å². The van der Waals surface area contributed by atoms with E-state index in [-0.39, 0.29) is 46.5 Å². The Bertz CT molecular complexity index is 1770. The average Bonchev–Trinajstić information content (AvgIpc) is 3.71. The molecule has 1 aliphatic rings. The molecule has 0 fully saturated rings. The van der Waals surface area contributed by atoms with E-state index in [9.17, 15) is 0 Å². The van der Waals surface area contributed by atoms with Gasteiger partial charge >= 0.3 is 99.2 Å². The van der Waals surface area contributed by atoms with Crippen LogP contribution in [0.1, 0.15) is 123 Å². The molecule has 0 nitrogen and oxygen atoms in total. The fourth-order valence-corrected chi connectivity index (χ4v) is 7.12. The van der Waals surface area contributed by atoms with Crippen molar-refractivity contribution in [3.8, 4) is 0 Å². The summed E-state index contributed by atoms with van der Waals surface area (Å²) in [4.78, 5) is 0. The standard InChI is InChI=1S/C29H41.C13H10.C5H5.2ClH.Zr/c1-26(2,3)22-14-18-13-19-15-23(27(4,5)6)25(29(10,11)12)17-21(19)20(18)16-24(22)28(7,8)9;1-3-7-12(8-4-1)11-13-9-5-2-6-10-13;1-2-4-5-3-1;;;/h13-17H,1-12H3;1-10H;1-3H,4H2;2*1H;/q-1;;-1;;;+2/p-2. The molecular formula is C47H56Cl2Zr-2. The van der Waals surface area contributed by atoms with E-state index >= 15 is 0 Å². The fourth-order valence-electron chi connectivity index (χ4n) is 6.30. The summed E-state index contributed by atoms with van der Waals surface area (Å²) in [7, 11) is 0. The Morgan fingerprint density at radius 2 is 0.880 bits per heavy atom. The van der Waals surface area contributed by atoms with E-state index in [1.165, 1.54) is 82.4 Å². The summed E-state index contributed by atoms with van der Waals surface area (Å²) in [5.74, 6) is 0. The Morgan fingerprint density at radius 3 is 1.14 bits per heavy atom. The number of benzene rings is 4. The molecule has 1 aliphatic carbocycles. The Labute approximate surface area is 331 Å². The van der Waals surface area contributed by atoms with Crippen LogP contribution in [0, 0.1) is 6.08 Å². The van der Waals surface area contributed by atoms with Gasteiger partial charge < -0.3 is 24.8 Å². The van der Waals surface area contributed by atoms with E-state index in [2.05, 4.69) is 186 Å². The van der Waals surface area contributed by atoms with Crippen LogP contribution in [0.5, 0.6) is 0 Å². The fraction of sp³-hybridized carbons (Fsp3) is 0.362. The van der Waals surface area contributed by atoms with E-state index in [0.29, 0.717) is 0 Å². The van der Waals surface area contributed by atoms with Crippen LogP contribution in [0.2, 0.25) is 0 Å². The number of hydrogen-bond acceptors (Lipinski definition) is 0. The van der Waals surface area contributed by atoms with Crippen LogP contribution in [-0.4, -0.2) is 3.21 Å². The van der Waals surface area contributed by atoms with Crippen molar-refractivity contribution in [2.75, 3.05) is 0 Å². The van der Waals surface area contributed by atoms with Crippen molar-refractivity contribution in [3.63, 3.8) is 0 Å². The zero-order chi connectivity index (χ0) is 35.5. The third-order valence-electron chi connectivity index (χ3n) is 8.92. The number of allylic oxidation sites excluding steroid dienone is 4. The number of hydrogen-bond donors (Lipinski definition) is 0. The van der Waals surface area contributed by atoms with Gasteiger partial charge in [-0.05, 0) is 21.7 Å². The van der Waals surface area contributed by atoms with Gasteiger partial charge in [0.1, 0.15) is 0 Å². The van der Waals surface area contributed by atoms with Gasteiger partial charge in [-0.25, -0.2) is 12.2 Å². The molecule has 5 aromatic rings. The predicted octanol–water partition coefficient (Wildman–Crippen LogP) is 7.02. The quantitative estimate of drug-likeness (QED) is 0.169. The minimum absolute atomic E-state index is 0. The van der Waals surface area contributed by atoms with Crippen LogP contribution < -0.4 is 24.8 Å². The molecule has 0 saturated heterocycles. The molecule has 50 heavy (non-hydrogen) atoms. The van der Waals surface area contributed by atoms with Crippen molar-refractivity contribution in [1.29, 1.82) is 0 Å². The molecule has 0 spiro atoms. The molecule has 264 valence electrons. The van der Waals surface area contributed by atoms with Crippen molar-refractivity contribution in [3.05, 3.63) is 149 Å². The molecule has 0 radical (unpaired) electrons. The van der Waals surface area contributed by atoms with Gasteiger partial charge in [-0.15, -0.1) is 46.2 Å². The van der Waals surface area contributed by atoms with Crippen LogP contribution >= 0.6 is 0 Å². The van der Waals surface area contributed by atoms with E-state index in [0.717, 1.165) is 6.42 Å². The second-order valence-corrected chi connectivity index (χ2v) is 18.5. The summed E-state index contributed by atoms with van der Waals surface area (Å²) >= 11 is 1.46. The maximum absolute atomic E-state index is 2.99. The van der Waals surface area contributed by atoms with Gasteiger partial charge in [-0.2, -0.15) is 6.08 Å². The zero-order valence-electron chi connectivity index (χ0n) is 32.4. The Balaban J connectivity index is 0.000000341. The average molecular weight is 783 g/mol. The first-order valence-electron chi connectivity index (χ1n) is 17.4. The van der Waals surface area contributed by atoms with E-state index in [1.807, 2.05) is 12.2 Å². The van der Waals surface area contributed by atoms with E-state index in [1.54, 1.807) is 0 Å². The molecule has 0 unspecified atom stereocenters. The normalized spacial score (nSPS) is 12.8. The third kappa shape index (κ3) is 11.0. The van der Waals surface area contributed by atoms with Crippen LogP contribution in [0.15, 0.2) is 109 Å². The molecule has 0 saturated carbocycles. The Hall–Kier alpha value is -2.44. The van der Waals surface area contributed by atoms with Gasteiger partial charge in [0.05, 0.1) is 0 Å². The summed E-state index contributed by atoms with van der Waals surface area (Å²) in [6.07, 6.45) is 10.0. The van der Waals surface area contributed by atoms with Crippen molar-refractivity contribution in [2.45, 2.75) is 111 Å². The number of rotatable bonds is 2. The number of fused-ring (bicyclic) bond motifs is 3. The molecule has 0 bridgehead atoms. The maximum atomic E-state index is 2.99. The van der Waals surface area contributed by atoms with Gasteiger partial charge in [0, 0.05) is 0 Å². The third-order valence-corrected chi connectivity index (χ3v) is 10.3. The molecule has 6 rings (SSSR count). The SMILES string of the molecule is CC(C)(C)c1cc2[cH-]c3cc(C(C)(C)C)c(C(C)(C)C)cc3c2cc1C(C)(C)C.[C-]1=CC=CC1.[Cl-].[Cl-].[Zr+2]=[C](c1ccccc1)c1ccccc1. The van der Waals surface area contributed by atoms with Gasteiger partial charge in [0.15, 0.2) is 0 Å². The molecule has 0 atom stereocenters. The molecule has 0 heterocycles. The molecule has 0 N–H and O–H groups in total. The predicted molar refractivity (Wildman–Crippen MR) is 210 cm³/mol. The summed E-state index contributed by atoms with van der Waals surface area (Å²) < 4.78 is 1.42. The van der Waals surface area contributed by atoms with Gasteiger partial charge in [-0.1, -0.05) is 117 Å². The van der Waals surface area contributed by atoms with Gasteiger partial charge in [-0.3, -0.25) is 6.08 Å². The monoisotopic (exact) mass is 780 g/mol. The van der Waals surface area contributed by atoms with E-state index < -0.39 is 0 Å². The van der Waals surface area contributed by atoms with Crippen LogP contribution in [0.3, 0.4) is 0 Å². The topological polar surface area (TPSA) is 0 Å². The second kappa shape index (κ2) is 17.4. The summed E-state index contributed by atoms with van der Waals surface area (Å²) in [6, 6.07) is 33.4. The minimum atomic E-state index is 0. The second-order valence-electron chi connectivity index (χ2n) is 17.2. The summed E-state index contributed by atoms with van der Waals surface area (Å²) in [6.45, 7) is 28.0. The van der Waals surface area contributed by atoms with Crippen molar-refractivity contribution in [2.24, 2.45) is 0 Å². The van der Waals surface area contributed by atoms with Gasteiger partial charge in [0.25, 0.3) is 0 Å². The van der Waals surface area contributed by atoms with Crippen molar-refractivity contribution >= 4 is 24.8 Å². The molecule has 0 aliphatic heterocycles. The summed E-state index contributed by atoms with van der Waals surface area (Å²) in [5, 5.41) is 5.57. The molecule has 0 amide bonds. The molecular weight excluding hydrogens is 727 g/mol. The van der Waals surface area contributed by atoms with Gasteiger partial charge in [0.2, 0.25) is 0 Å². The first-order chi connectivity index (χ1) is 22.3. The Kier molecular flexibility index (Phi) is 15.2.